The highest BCUT2D eigenvalue weighted by Gasteiger charge is 2.29. The van der Waals surface area contributed by atoms with Crippen LogP contribution in [0.4, 0.5) is 0 Å². The Morgan fingerprint density at radius 3 is 2.47 bits per heavy atom. The van der Waals surface area contributed by atoms with Crippen molar-refractivity contribution in [1.82, 2.24) is 4.31 Å². The molecule has 8 heteroatoms. The SMILES string of the molecule is NCc1cc(Cl)cc(S(=O)(=O)N2CCSCC2)c1Cl. The Morgan fingerprint density at radius 1 is 1.26 bits per heavy atom. The third-order valence-corrected chi connectivity index (χ3v) is 6.53. The van der Waals surface area contributed by atoms with Gasteiger partial charge in [0.25, 0.3) is 0 Å². The number of benzene rings is 1. The first-order chi connectivity index (χ1) is 8.96. The van der Waals surface area contributed by atoms with Crippen molar-refractivity contribution in [2.45, 2.75) is 11.4 Å². The van der Waals surface area contributed by atoms with Gasteiger partial charge in [-0.3, -0.25) is 0 Å². The summed E-state index contributed by atoms with van der Waals surface area (Å²) in [5.74, 6) is 1.59. The summed E-state index contributed by atoms with van der Waals surface area (Å²) in [6, 6.07) is 2.98. The van der Waals surface area contributed by atoms with E-state index in [4.69, 9.17) is 28.9 Å². The van der Waals surface area contributed by atoms with Crippen LogP contribution in [0.25, 0.3) is 0 Å². The summed E-state index contributed by atoms with van der Waals surface area (Å²) < 4.78 is 26.6. The fourth-order valence-corrected chi connectivity index (χ4v) is 5.37. The van der Waals surface area contributed by atoms with Crippen LogP contribution in [0.15, 0.2) is 17.0 Å². The maximum absolute atomic E-state index is 12.6. The van der Waals surface area contributed by atoms with E-state index in [1.165, 1.54) is 10.4 Å². The van der Waals surface area contributed by atoms with Crippen LogP contribution >= 0.6 is 35.0 Å². The standard InChI is InChI=1S/C11H14Cl2N2O2S2/c12-9-5-8(7-14)11(13)10(6-9)19(16,17)15-1-3-18-4-2-15/h5-6H,1-4,7,14H2. The molecule has 1 saturated heterocycles. The number of thioether (sulfide) groups is 1. The third-order valence-electron chi connectivity index (χ3n) is 2.89. The summed E-state index contributed by atoms with van der Waals surface area (Å²) in [5, 5.41) is 0.500. The molecule has 106 valence electrons. The van der Waals surface area contributed by atoms with Crippen LogP contribution in [0.2, 0.25) is 10.0 Å². The lowest BCUT2D eigenvalue weighted by Crippen LogP contribution is -2.38. The molecule has 0 spiro atoms. The van der Waals surface area contributed by atoms with Crippen LogP contribution in [0.3, 0.4) is 0 Å². The summed E-state index contributed by atoms with van der Waals surface area (Å²) in [4.78, 5) is 0.0500. The van der Waals surface area contributed by atoms with Gasteiger partial charge in [0, 0.05) is 36.2 Å². The molecule has 1 fully saturated rings. The molecule has 0 aliphatic carbocycles. The van der Waals surface area contributed by atoms with Gasteiger partial charge in [0.2, 0.25) is 10.0 Å². The summed E-state index contributed by atoms with van der Waals surface area (Å²) in [6.07, 6.45) is 0. The first-order valence-electron chi connectivity index (χ1n) is 5.72. The quantitative estimate of drug-likeness (QED) is 0.915. The summed E-state index contributed by atoms with van der Waals surface area (Å²) in [6.45, 7) is 1.14. The molecule has 1 aliphatic heterocycles. The molecule has 1 aliphatic rings. The first kappa shape index (κ1) is 15.4. The molecule has 4 nitrogen and oxygen atoms in total. The molecule has 0 amide bonds. The highest BCUT2D eigenvalue weighted by atomic mass is 35.5. The van der Waals surface area contributed by atoms with E-state index in [2.05, 4.69) is 0 Å². The smallest absolute Gasteiger partial charge is 0.244 e. The number of sulfonamides is 1. The normalized spacial score (nSPS) is 17.6. The van der Waals surface area contributed by atoms with Gasteiger partial charge < -0.3 is 5.73 Å². The number of nitrogens with zero attached hydrogens (tertiary/aromatic N) is 1. The van der Waals surface area contributed by atoms with Crippen LogP contribution in [0.1, 0.15) is 5.56 Å². The number of hydrogen-bond acceptors (Lipinski definition) is 4. The van der Waals surface area contributed by atoms with E-state index >= 15 is 0 Å². The predicted octanol–water partition coefficient (Wildman–Crippen LogP) is 2.19. The molecule has 0 aromatic heterocycles. The van der Waals surface area contributed by atoms with Gasteiger partial charge >= 0.3 is 0 Å². The number of hydrogen-bond donors (Lipinski definition) is 1. The predicted molar refractivity (Wildman–Crippen MR) is 80.4 cm³/mol. The van der Waals surface area contributed by atoms with Gasteiger partial charge in [0.05, 0.1) is 5.02 Å². The Kier molecular flexibility index (Phi) is 5.03. The van der Waals surface area contributed by atoms with E-state index < -0.39 is 10.0 Å². The molecule has 1 aromatic carbocycles. The average Bonchev–Trinajstić information content (AvgIpc) is 2.41. The summed E-state index contributed by atoms with van der Waals surface area (Å²) >= 11 is 13.8. The zero-order valence-electron chi connectivity index (χ0n) is 10.1. The van der Waals surface area contributed by atoms with E-state index in [-0.39, 0.29) is 16.5 Å². The molecule has 0 bridgehead atoms. The maximum atomic E-state index is 12.6. The lowest BCUT2D eigenvalue weighted by Gasteiger charge is -2.26. The van der Waals surface area contributed by atoms with Crippen LogP contribution in [-0.2, 0) is 16.6 Å². The second-order valence-corrected chi connectivity index (χ2v) is 8.04. The fourth-order valence-electron chi connectivity index (χ4n) is 1.88. The largest absolute Gasteiger partial charge is 0.326 e. The van der Waals surface area contributed by atoms with Gasteiger partial charge in [-0.1, -0.05) is 23.2 Å². The van der Waals surface area contributed by atoms with Gasteiger partial charge in [-0.05, 0) is 17.7 Å². The Balaban J connectivity index is 2.47. The third kappa shape index (κ3) is 3.20. The zero-order valence-corrected chi connectivity index (χ0v) is 13.2. The Labute approximate surface area is 127 Å². The van der Waals surface area contributed by atoms with Crippen molar-refractivity contribution >= 4 is 45.0 Å². The van der Waals surface area contributed by atoms with Crippen LogP contribution in [0.5, 0.6) is 0 Å². The fraction of sp³-hybridized carbons (Fsp3) is 0.455. The van der Waals surface area contributed by atoms with Crippen molar-refractivity contribution in [2.24, 2.45) is 5.73 Å². The van der Waals surface area contributed by atoms with Crippen molar-refractivity contribution in [3.8, 4) is 0 Å². The van der Waals surface area contributed by atoms with Crippen LogP contribution in [0, 0.1) is 0 Å². The van der Waals surface area contributed by atoms with E-state index in [1.54, 1.807) is 17.8 Å². The van der Waals surface area contributed by atoms with Gasteiger partial charge in [-0.2, -0.15) is 16.1 Å². The highest BCUT2D eigenvalue weighted by Crippen LogP contribution is 2.32. The van der Waals surface area contributed by atoms with Gasteiger partial charge in [0.1, 0.15) is 4.90 Å². The molecule has 19 heavy (non-hydrogen) atoms. The average molecular weight is 341 g/mol. The number of rotatable bonds is 3. The van der Waals surface area contributed by atoms with Crippen molar-refractivity contribution in [2.75, 3.05) is 24.6 Å². The first-order valence-corrected chi connectivity index (χ1v) is 9.07. The second-order valence-electron chi connectivity index (χ2n) is 4.10. The van der Waals surface area contributed by atoms with E-state index in [0.717, 1.165) is 11.5 Å². The van der Waals surface area contributed by atoms with Crippen molar-refractivity contribution in [3.63, 3.8) is 0 Å². The van der Waals surface area contributed by atoms with E-state index in [0.29, 0.717) is 23.7 Å². The Morgan fingerprint density at radius 2 is 1.89 bits per heavy atom. The highest BCUT2D eigenvalue weighted by molar-refractivity contribution is 7.99. The second kappa shape index (κ2) is 6.20. The number of halogens is 2. The van der Waals surface area contributed by atoms with Crippen molar-refractivity contribution in [1.29, 1.82) is 0 Å². The van der Waals surface area contributed by atoms with Crippen LogP contribution in [-0.4, -0.2) is 37.3 Å². The van der Waals surface area contributed by atoms with Gasteiger partial charge in [-0.15, -0.1) is 0 Å². The summed E-state index contributed by atoms with van der Waals surface area (Å²) in [5.41, 5.74) is 6.10. The minimum Gasteiger partial charge on any atom is -0.326 e. The molecular weight excluding hydrogens is 327 g/mol. The summed E-state index contributed by atoms with van der Waals surface area (Å²) in [7, 11) is -3.60. The maximum Gasteiger partial charge on any atom is 0.244 e. The minimum absolute atomic E-state index is 0.0500. The Hall–Kier alpha value is 0.0200. The van der Waals surface area contributed by atoms with Crippen molar-refractivity contribution in [3.05, 3.63) is 27.7 Å². The van der Waals surface area contributed by atoms with Crippen LogP contribution < -0.4 is 5.73 Å². The van der Waals surface area contributed by atoms with Gasteiger partial charge in [0.15, 0.2) is 0 Å². The zero-order chi connectivity index (χ0) is 14.0. The molecule has 0 atom stereocenters. The van der Waals surface area contributed by atoms with E-state index in [1.807, 2.05) is 0 Å². The molecular formula is C11H14Cl2N2O2S2. The monoisotopic (exact) mass is 340 g/mol. The molecule has 0 unspecified atom stereocenters. The molecule has 1 heterocycles. The van der Waals surface area contributed by atoms with Crippen molar-refractivity contribution < 1.29 is 8.42 Å². The molecule has 2 N–H and O–H groups in total. The topological polar surface area (TPSA) is 63.4 Å². The number of nitrogens with two attached hydrogens (primary N) is 1. The lowest BCUT2D eigenvalue weighted by atomic mass is 10.2. The molecule has 2 rings (SSSR count). The lowest BCUT2D eigenvalue weighted by molar-refractivity contribution is 0.443. The van der Waals surface area contributed by atoms with E-state index in [9.17, 15) is 8.42 Å². The Bertz CT molecular complexity index is 572. The molecule has 0 radical (unpaired) electrons. The van der Waals surface area contributed by atoms with Gasteiger partial charge in [-0.25, -0.2) is 8.42 Å². The molecule has 0 saturated carbocycles. The minimum atomic E-state index is -3.60. The molecule has 1 aromatic rings.